The molecule has 1 aromatic rings. The van der Waals surface area contributed by atoms with Gasteiger partial charge in [-0.25, -0.2) is 8.42 Å². The van der Waals surface area contributed by atoms with Gasteiger partial charge >= 0.3 is 0 Å². The highest BCUT2D eigenvalue weighted by atomic mass is 32.2. The van der Waals surface area contributed by atoms with Gasteiger partial charge in [0.25, 0.3) is 0 Å². The number of thiophene rings is 1. The first-order valence-electron chi connectivity index (χ1n) is 7.79. The maximum atomic E-state index is 12.3. The van der Waals surface area contributed by atoms with Crippen molar-refractivity contribution >= 4 is 27.3 Å². The van der Waals surface area contributed by atoms with E-state index in [-0.39, 0.29) is 30.4 Å². The Morgan fingerprint density at radius 3 is 2.70 bits per heavy atom. The van der Waals surface area contributed by atoms with E-state index in [0.29, 0.717) is 25.9 Å². The molecule has 0 aromatic carbocycles. The Kier molecular flexibility index (Phi) is 6.58. The third kappa shape index (κ3) is 5.87. The molecule has 0 radical (unpaired) electrons. The van der Waals surface area contributed by atoms with E-state index in [4.69, 9.17) is 4.74 Å². The monoisotopic (exact) mass is 360 g/mol. The summed E-state index contributed by atoms with van der Waals surface area (Å²) < 4.78 is 31.7. The van der Waals surface area contributed by atoms with Crippen LogP contribution in [0.3, 0.4) is 0 Å². The summed E-state index contributed by atoms with van der Waals surface area (Å²) in [6.07, 6.45) is 0.865. The molecule has 130 valence electrons. The molecular formula is C15H24N2O4S2. The van der Waals surface area contributed by atoms with Gasteiger partial charge in [0.05, 0.1) is 18.0 Å². The number of amides is 1. The van der Waals surface area contributed by atoms with Crippen LogP contribution in [0.15, 0.2) is 17.5 Å². The van der Waals surface area contributed by atoms with Gasteiger partial charge in [0.1, 0.15) is 0 Å². The number of morpholine rings is 1. The summed E-state index contributed by atoms with van der Waals surface area (Å²) in [6.45, 7) is 4.62. The van der Waals surface area contributed by atoms with Crippen molar-refractivity contribution in [1.82, 2.24) is 9.62 Å². The van der Waals surface area contributed by atoms with Crippen LogP contribution in [0.4, 0.5) is 0 Å². The molecule has 1 aliphatic heterocycles. The second-order valence-electron chi connectivity index (χ2n) is 5.82. The second kappa shape index (κ2) is 8.23. The van der Waals surface area contributed by atoms with Crippen molar-refractivity contribution in [2.75, 3.05) is 25.4 Å². The van der Waals surface area contributed by atoms with Crippen LogP contribution in [0.2, 0.25) is 0 Å². The Bertz CT molecular complexity index is 591. The molecule has 2 unspecified atom stereocenters. The van der Waals surface area contributed by atoms with Gasteiger partial charge in [-0.15, -0.1) is 11.3 Å². The van der Waals surface area contributed by atoms with Gasteiger partial charge in [-0.05, 0) is 31.7 Å². The third-order valence-electron chi connectivity index (χ3n) is 3.64. The molecule has 2 atom stereocenters. The molecule has 1 saturated heterocycles. The van der Waals surface area contributed by atoms with Crippen LogP contribution in [0.25, 0.3) is 0 Å². The lowest BCUT2D eigenvalue weighted by Gasteiger charge is -2.34. The van der Waals surface area contributed by atoms with Gasteiger partial charge in [-0.2, -0.15) is 4.31 Å². The smallest absolute Gasteiger partial charge is 0.220 e. The van der Waals surface area contributed by atoms with Crippen molar-refractivity contribution in [2.45, 2.75) is 38.9 Å². The SMILES string of the molecule is CC1CN(S(=O)(=O)CCNC(=O)CCc2cccs2)CC(C)O1. The number of nitrogens with zero attached hydrogens (tertiary/aromatic N) is 1. The fraction of sp³-hybridized carbons (Fsp3) is 0.667. The van der Waals surface area contributed by atoms with Crippen molar-refractivity contribution in [2.24, 2.45) is 0 Å². The Balaban J connectivity index is 1.72. The second-order valence-corrected chi connectivity index (χ2v) is 8.94. The van der Waals surface area contributed by atoms with Crippen LogP contribution in [-0.4, -0.2) is 56.2 Å². The fourth-order valence-corrected chi connectivity index (χ4v) is 4.79. The molecule has 1 fully saturated rings. The summed E-state index contributed by atoms with van der Waals surface area (Å²) in [5.74, 6) is -0.186. The van der Waals surface area contributed by atoms with Crippen LogP contribution in [0.5, 0.6) is 0 Å². The highest BCUT2D eigenvalue weighted by Gasteiger charge is 2.30. The first-order chi connectivity index (χ1) is 10.9. The van der Waals surface area contributed by atoms with Gasteiger partial charge in [0, 0.05) is 30.9 Å². The molecule has 0 saturated carbocycles. The lowest BCUT2D eigenvalue weighted by molar-refractivity contribution is -0.120. The number of carbonyl (C=O) groups excluding carboxylic acids is 1. The molecule has 1 N–H and O–H groups in total. The van der Waals surface area contributed by atoms with Gasteiger partial charge in [0.2, 0.25) is 15.9 Å². The van der Waals surface area contributed by atoms with E-state index >= 15 is 0 Å². The Morgan fingerprint density at radius 1 is 1.39 bits per heavy atom. The van der Waals surface area contributed by atoms with Gasteiger partial charge in [0.15, 0.2) is 0 Å². The van der Waals surface area contributed by atoms with Crippen molar-refractivity contribution < 1.29 is 17.9 Å². The number of hydrogen-bond donors (Lipinski definition) is 1. The van der Waals surface area contributed by atoms with Gasteiger partial charge in [-0.1, -0.05) is 6.07 Å². The summed E-state index contributed by atoms with van der Waals surface area (Å²) in [6, 6.07) is 3.94. The third-order valence-corrected chi connectivity index (χ3v) is 6.38. The topological polar surface area (TPSA) is 75.7 Å². The van der Waals surface area contributed by atoms with E-state index < -0.39 is 10.0 Å². The molecule has 0 spiro atoms. The highest BCUT2D eigenvalue weighted by Crippen LogP contribution is 2.14. The van der Waals surface area contributed by atoms with Crippen molar-refractivity contribution in [3.63, 3.8) is 0 Å². The zero-order chi connectivity index (χ0) is 16.9. The van der Waals surface area contributed by atoms with E-state index in [1.807, 2.05) is 31.4 Å². The maximum Gasteiger partial charge on any atom is 0.220 e. The average Bonchev–Trinajstić information content (AvgIpc) is 2.97. The first-order valence-corrected chi connectivity index (χ1v) is 10.3. The highest BCUT2D eigenvalue weighted by molar-refractivity contribution is 7.89. The number of aryl methyl sites for hydroxylation is 1. The summed E-state index contributed by atoms with van der Waals surface area (Å²) in [4.78, 5) is 12.9. The summed E-state index contributed by atoms with van der Waals surface area (Å²) >= 11 is 1.62. The molecule has 1 aliphatic rings. The standard InChI is InChI=1S/C15H24N2O4S2/c1-12-10-17(11-13(2)21-12)23(19,20)9-7-16-15(18)6-5-14-4-3-8-22-14/h3-4,8,12-13H,5-7,9-11H2,1-2H3,(H,16,18). The van der Waals surface area contributed by atoms with Crippen LogP contribution in [-0.2, 0) is 26.0 Å². The number of nitrogens with one attached hydrogen (secondary N) is 1. The lowest BCUT2D eigenvalue weighted by atomic mass is 10.2. The summed E-state index contributed by atoms with van der Waals surface area (Å²) in [5.41, 5.74) is 0. The van der Waals surface area contributed by atoms with Crippen molar-refractivity contribution in [1.29, 1.82) is 0 Å². The minimum absolute atomic E-state index is 0.0722. The van der Waals surface area contributed by atoms with E-state index in [1.165, 1.54) is 4.31 Å². The van der Waals surface area contributed by atoms with E-state index in [2.05, 4.69) is 5.32 Å². The van der Waals surface area contributed by atoms with E-state index in [9.17, 15) is 13.2 Å². The number of carbonyl (C=O) groups is 1. The molecule has 2 rings (SSSR count). The average molecular weight is 361 g/mol. The van der Waals surface area contributed by atoms with Crippen LogP contribution >= 0.6 is 11.3 Å². The molecular weight excluding hydrogens is 336 g/mol. The molecule has 6 nitrogen and oxygen atoms in total. The maximum absolute atomic E-state index is 12.3. The molecule has 23 heavy (non-hydrogen) atoms. The predicted molar refractivity (Wildman–Crippen MR) is 91.0 cm³/mol. The van der Waals surface area contributed by atoms with Crippen molar-refractivity contribution in [3.8, 4) is 0 Å². The number of hydrogen-bond acceptors (Lipinski definition) is 5. The Labute approximate surface area is 141 Å². The Hall–Kier alpha value is -0.960. The zero-order valence-corrected chi connectivity index (χ0v) is 15.2. The lowest BCUT2D eigenvalue weighted by Crippen LogP contribution is -2.49. The summed E-state index contributed by atoms with van der Waals surface area (Å²) in [5, 5.41) is 4.67. The largest absolute Gasteiger partial charge is 0.373 e. The van der Waals surface area contributed by atoms with Gasteiger partial charge in [-0.3, -0.25) is 4.79 Å². The zero-order valence-electron chi connectivity index (χ0n) is 13.5. The molecule has 0 bridgehead atoms. The molecule has 2 heterocycles. The number of sulfonamides is 1. The van der Waals surface area contributed by atoms with Crippen LogP contribution < -0.4 is 5.32 Å². The quantitative estimate of drug-likeness (QED) is 0.794. The molecule has 1 amide bonds. The van der Waals surface area contributed by atoms with E-state index in [0.717, 1.165) is 4.88 Å². The minimum Gasteiger partial charge on any atom is -0.373 e. The normalized spacial score (nSPS) is 22.9. The predicted octanol–water partition coefficient (Wildman–Crippen LogP) is 1.24. The number of ether oxygens (including phenoxy) is 1. The van der Waals surface area contributed by atoms with E-state index in [1.54, 1.807) is 11.3 Å². The molecule has 8 heteroatoms. The Morgan fingerprint density at radius 2 is 2.09 bits per heavy atom. The number of rotatable bonds is 7. The van der Waals surface area contributed by atoms with Gasteiger partial charge < -0.3 is 10.1 Å². The minimum atomic E-state index is -3.36. The molecule has 0 aliphatic carbocycles. The molecule has 1 aromatic heterocycles. The van der Waals surface area contributed by atoms with Crippen LogP contribution in [0.1, 0.15) is 25.1 Å². The van der Waals surface area contributed by atoms with Crippen LogP contribution in [0, 0.1) is 0 Å². The first kappa shape index (κ1) is 18.4. The fourth-order valence-electron chi connectivity index (χ4n) is 2.59. The summed E-state index contributed by atoms with van der Waals surface area (Å²) in [7, 11) is -3.36. The van der Waals surface area contributed by atoms with Crippen molar-refractivity contribution in [3.05, 3.63) is 22.4 Å².